The van der Waals surface area contributed by atoms with Crippen LogP contribution in [0, 0.1) is 0 Å². The molecule has 1 aliphatic rings. The predicted molar refractivity (Wildman–Crippen MR) is 148 cm³/mol. The van der Waals surface area contributed by atoms with E-state index in [9.17, 15) is 9.59 Å². The molecule has 7 nitrogen and oxygen atoms in total. The van der Waals surface area contributed by atoms with E-state index in [0.717, 1.165) is 16.9 Å². The molecule has 0 radical (unpaired) electrons. The van der Waals surface area contributed by atoms with Crippen molar-refractivity contribution >= 4 is 40.1 Å². The van der Waals surface area contributed by atoms with E-state index in [1.807, 2.05) is 60.7 Å². The molecule has 2 amide bonds. The summed E-state index contributed by atoms with van der Waals surface area (Å²) in [7, 11) is 1.57. The number of nitrogens with zero attached hydrogens (tertiary/aromatic N) is 1. The molecule has 0 spiro atoms. The Kier molecular flexibility index (Phi) is 9.53. The molecule has 192 valence electrons. The van der Waals surface area contributed by atoms with Gasteiger partial charge in [-0.05, 0) is 23.3 Å². The zero-order valence-corrected chi connectivity index (χ0v) is 22.1. The van der Waals surface area contributed by atoms with Gasteiger partial charge in [-0.2, -0.15) is 0 Å². The lowest BCUT2D eigenvalue weighted by Gasteiger charge is -2.22. The van der Waals surface area contributed by atoms with Crippen LogP contribution >= 0.6 is 24.0 Å². The summed E-state index contributed by atoms with van der Waals surface area (Å²) in [5.41, 5.74) is 2.38. The number of amides is 2. The highest BCUT2D eigenvalue weighted by molar-refractivity contribution is 8.23. The summed E-state index contributed by atoms with van der Waals surface area (Å²) >= 11 is 6.86. The van der Waals surface area contributed by atoms with Gasteiger partial charge in [0.05, 0.1) is 17.7 Å². The lowest BCUT2D eigenvalue weighted by Crippen LogP contribution is -2.31. The number of hydrogen-bond donors (Lipinski definition) is 1. The molecule has 37 heavy (non-hydrogen) atoms. The predicted octanol–water partition coefficient (Wildman–Crippen LogP) is 4.69. The monoisotopic (exact) mass is 536 g/mol. The van der Waals surface area contributed by atoms with Crippen LogP contribution in [0.15, 0.2) is 72.8 Å². The smallest absolute Gasteiger partial charge is 0.263 e. The Morgan fingerprint density at radius 1 is 0.892 bits per heavy atom. The van der Waals surface area contributed by atoms with Crippen molar-refractivity contribution < 1.29 is 23.8 Å². The van der Waals surface area contributed by atoms with Gasteiger partial charge in [0.1, 0.15) is 17.5 Å². The Labute approximate surface area is 226 Å². The summed E-state index contributed by atoms with van der Waals surface area (Å²) in [5.74, 6) is 0.523. The van der Waals surface area contributed by atoms with Crippen molar-refractivity contribution in [1.29, 1.82) is 0 Å². The van der Waals surface area contributed by atoms with Crippen LogP contribution in [0.1, 0.15) is 31.8 Å². The van der Waals surface area contributed by atoms with Crippen molar-refractivity contribution in [3.8, 4) is 11.5 Å². The zero-order valence-electron chi connectivity index (χ0n) is 20.5. The van der Waals surface area contributed by atoms with Crippen LogP contribution in [0.4, 0.5) is 0 Å². The van der Waals surface area contributed by atoms with E-state index in [4.69, 9.17) is 26.4 Å². The topological polar surface area (TPSA) is 77.1 Å². The third-order valence-corrected chi connectivity index (χ3v) is 7.06. The first-order valence-electron chi connectivity index (χ1n) is 11.8. The number of rotatable bonds is 11. The Morgan fingerprint density at radius 3 is 2.00 bits per heavy atom. The largest absolute Gasteiger partial charge is 0.484 e. The van der Waals surface area contributed by atoms with Crippen LogP contribution in [-0.4, -0.2) is 53.6 Å². The highest BCUT2D eigenvalue weighted by atomic mass is 32.2. The molecule has 3 aromatic carbocycles. The second-order valence-electron chi connectivity index (χ2n) is 8.19. The number of methoxy groups -OCH3 is 1. The number of carbonyl (C=O) groups is 2. The van der Waals surface area contributed by atoms with Gasteiger partial charge in [-0.25, -0.2) is 0 Å². The van der Waals surface area contributed by atoms with Gasteiger partial charge in [-0.15, -0.1) is 0 Å². The fourth-order valence-corrected chi connectivity index (χ4v) is 4.94. The lowest BCUT2D eigenvalue weighted by atomic mass is 10.1. The number of hydrogen-bond acceptors (Lipinski definition) is 7. The molecule has 9 heteroatoms. The van der Waals surface area contributed by atoms with E-state index in [-0.39, 0.29) is 47.7 Å². The van der Waals surface area contributed by atoms with E-state index in [2.05, 4.69) is 5.32 Å². The summed E-state index contributed by atoms with van der Waals surface area (Å²) in [6, 6.07) is 22.4. The average molecular weight is 537 g/mol. The van der Waals surface area contributed by atoms with Gasteiger partial charge < -0.3 is 19.5 Å². The second kappa shape index (κ2) is 13.2. The van der Waals surface area contributed by atoms with Gasteiger partial charge in [-0.1, -0.05) is 84.6 Å². The number of benzene rings is 3. The van der Waals surface area contributed by atoms with E-state index < -0.39 is 0 Å². The zero-order chi connectivity index (χ0) is 26.0. The molecule has 4 rings (SSSR count). The normalized spacial score (nSPS) is 12.9. The van der Waals surface area contributed by atoms with Crippen molar-refractivity contribution in [2.45, 2.75) is 13.2 Å². The van der Waals surface area contributed by atoms with Gasteiger partial charge in [-0.3, -0.25) is 14.5 Å². The lowest BCUT2D eigenvalue weighted by molar-refractivity contribution is 0.0852. The minimum Gasteiger partial charge on any atom is -0.484 e. The number of carbonyl (C=O) groups excluding carboxylic acids is 2. The molecule has 0 aliphatic carbocycles. The quantitative estimate of drug-likeness (QED) is 0.281. The summed E-state index contributed by atoms with van der Waals surface area (Å²) in [6.07, 6.45) is 0. The molecule has 1 heterocycles. The molecule has 1 fully saturated rings. The van der Waals surface area contributed by atoms with Crippen molar-refractivity contribution in [3.05, 3.63) is 95.1 Å². The van der Waals surface area contributed by atoms with Crippen LogP contribution in [-0.2, 0) is 18.0 Å². The SMILES string of the molecule is COCCNC(=O)c1ccc(C(=O)N2CCSC2=S)c(OCc2ccccc2)c1OCc1ccccc1. The van der Waals surface area contributed by atoms with Crippen LogP contribution in [0.3, 0.4) is 0 Å². The third-order valence-electron chi connectivity index (χ3n) is 5.64. The number of ether oxygens (including phenoxy) is 3. The van der Waals surface area contributed by atoms with Crippen molar-refractivity contribution in [3.63, 3.8) is 0 Å². The van der Waals surface area contributed by atoms with Crippen LogP contribution < -0.4 is 14.8 Å². The fraction of sp³-hybridized carbons (Fsp3) is 0.250. The first kappa shape index (κ1) is 26.7. The van der Waals surface area contributed by atoms with Gasteiger partial charge in [0.25, 0.3) is 11.8 Å². The molecule has 0 atom stereocenters. The Balaban J connectivity index is 1.75. The molecule has 1 saturated heterocycles. The van der Waals surface area contributed by atoms with E-state index in [0.29, 0.717) is 24.0 Å². The highest BCUT2D eigenvalue weighted by Crippen LogP contribution is 2.38. The van der Waals surface area contributed by atoms with Crippen LogP contribution in [0.5, 0.6) is 11.5 Å². The number of thiocarbonyl (C=S) groups is 1. The molecule has 0 aromatic heterocycles. The minimum absolute atomic E-state index is 0.191. The first-order chi connectivity index (χ1) is 18.1. The maximum Gasteiger partial charge on any atom is 0.263 e. The van der Waals surface area contributed by atoms with E-state index >= 15 is 0 Å². The van der Waals surface area contributed by atoms with Crippen molar-refractivity contribution in [2.75, 3.05) is 32.6 Å². The van der Waals surface area contributed by atoms with Crippen molar-refractivity contribution in [1.82, 2.24) is 10.2 Å². The maximum atomic E-state index is 13.6. The molecule has 0 saturated carbocycles. The van der Waals surface area contributed by atoms with Crippen molar-refractivity contribution in [2.24, 2.45) is 0 Å². The molecule has 0 unspecified atom stereocenters. The molecular formula is C28H28N2O5S2. The number of thioether (sulfide) groups is 1. The van der Waals surface area contributed by atoms with Crippen LogP contribution in [0.2, 0.25) is 0 Å². The molecule has 3 aromatic rings. The van der Waals surface area contributed by atoms with Gasteiger partial charge >= 0.3 is 0 Å². The summed E-state index contributed by atoms with van der Waals surface area (Å²) in [6.45, 7) is 1.59. The van der Waals surface area contributed by atoms with Gasteiger partial charge in [0.2, 0.25) is 0 Å². The molecule has 1 N–H and O–H groups in total. The number of nitrogens with one attached hydrogen (secondary N) is 1. The molecule has 0 bridgehead atoms. The van der Waals surface area contributed by atoms with Crippen LogP contribution in [0.25, 0.3) is 0 Å². The summed E-state index contributed by atoms with van der Waals surface area (Å²) < 4.78 is 18.1. The fourth-order valence-electron chi connectivity index (χ4n) is 3.74. The average Bonchev–Trinajstić information content (AvgIpc) is 3.37. The maximum absolute atomic E-state index is 13.6. The molecular weight excluding hydrogens is 508 g/mol. The first-order valence-corrected chi connectivity index (χ1v) is 13.2. The Bertz CT molecular complexity index is 1240. The Hall–Kier alpha value is -3.40. The van der Waals surface area contributed by atoms with E-state index in [1.165, 1.54) is 11.8 Å². The second-order valence-corrected chi connectivity index (χ2v) is 9.92. The summed E-state index contributed by atoms with van der Waals surface area (Å²) in [5, 5.41) is 2.83. The third kappa shape index (κ3) is 6.88. The standard InChI is InChI=1S/C28H28N2O5S2/c1-33-16-14-29-26(31)22-12-13-23(27(32)30-15-17-37-28(30)36)25(35-19-21-10-6-3-7-11-21)24(22)34-18-20-8-4-2-5-9-20/h2-13H,14-19H2,1H3,(H,29,31). The highest BCUT2D eigenvalue weighted by Gasteiger charge is 2.31. The Morgan fingerprint density at radius 2 is 1.46 bits per heavy atom. The van der Waals surface area contributed by atoms with Gasteiger partial charge in [0.15, 0.2) is 11.5 Å². The molecule has 1 aliphatic heterocycles. The van der Waals surface area contributed by atoms with Gasteiger partial charge in [0, 0.05) is 26.0 Å². The summed E-state index contributed by atoms with van der Waals surface area (Å²) in [4.78, 5) is 28.3. The minimum atomic E-state index is -0.351. The van der Waals surface area contributed by atoms with E-state index in [1.54, 1.807) is 24.1 Å².